The first-order chi connectivity index (χ1) is 5.15. The smallest absolute Gasteiger partial charge is 0.0615 e. The minimum Gasteiger partial charge on any atom is -0.392 e. The Hall–Kier alpha value is -0.0800. The van der Waals surface area contributed by atoms with Crippen LogP contribution >= 0.6 is 0 Å². The number of rotatable bonds is 3. The largest absolute Gasteiger partial charge is 0.392 e. The maximum absolute atomic E-state index is 9.63. The van der Waals surface area contributed by atoms with Crippen LogP contribution in [0.1, 0.15) is 20.8 Å². The van der Waals surface area contributed by atoms with Gasteiger partial charge in [0, 0.05) is 19.0 Å². The zero-order valence-electron chi connectivity index (χ0n) is 7.75. The highest BCUT2D eigenvalue weighted by molar-refractivity contribution is 4.85. The van der Waals surface area contributed by atoms with Crippen molar-refractivity contribution in [1.29, 1.82) is 0 Å². The summed E-state index contributed by atoms with van der Waals surface area (Å²) in [6.45, 7) is 9.64. The molecule has 2 heteroatoms. The van der Waals surface area contributed by atoms with Crippen molar-refractivity contribution in [2.24, 2.45) is 11.8 Å². The highest BCUT2D eigenvalue weighted by atomic mass is 16.3. The zero-order chi connectivity index (χ0) is 8.43. The van der Waals surface area contributed by atoms with E-state index in [1.165, 1.54) is 0 Å². The van der Waals surface area contributed by atoms with Crippen molar-refractivity contribution in [3.05, 3.63) is 0 Å². The van der Waals surface area contributed by atoms with Gasteiger partial charge in [-0.1, -0.05) is 20.8 Å². The van der Waals surface area contributed by atoms with Gasteiger partial charge < -0.3 is 10.0 Å². The van der Waals surface area contributed by atoms with Crippen molar-refractivity contribution in [2.45, 2.75) is 26.9 Å². The fourth-order valence-electron chi connectivity index (χ4n) is 1.63. The topological polar surface area (TPSA) is 23.5 Å². The standard InChI is InChI=1S/C9H19NO/c1-4-10-5-8(6-10)9(11)7(2)3/h7-9,11H,4-6H2,1-3H3. The molecule has 0 aromatic heterocycles. The monoisotopic (exact) mass is 157 g/mol. The van der Waals surface area contributed by atoms with Gasteiger partial charge in [-0.25, -0.2) is 0 Å². The maximum Gasteiger partial charge on any atom is 0.0615 e. The molecule has 11 heavy (non-hydrogen) atoms. The van der Waals surface area contributed by atoms with E-state index in [-0.39, 0.29) is 6.10 Å². The zero-order valence-corrected chi connectivity index (χ0v) is 7.75. The van der Waals surface area contributed by atoms with Gasteiger partial charge in [0.1, 0.15) is 0 Å². The molecule has 0 amide bonds. The van der Waals surface area contributed by atoms with Gasteiger partial charge in [-0.05, 0) is 12.5 Å². The molecule has 1 rings (SSSR count). The highest BCUT2D eigenvalue weighted by Gasteiger charge is 2.32. The number of nitrogens with zero attached hydrogens (tertiary/aromatic N) is 1. The van der Waals surface area contributed by atoms with E-state index in [0.717, 1.165) is 19.6 Å². The quantitative estimate of drug-likeness (QED) is 0.659. The molecule has 1 N–H and O–H groups in total. The predicted molar refractivity (Wildman–Crippen MR) is 46.4 cm³/mol. The average molecular weight is 157 g/mol. The molecule has 0 saturated carbocycles. The Kier molecular flexibility index (Phi) is 2.90. The Morgan fingerprint density at radius 2 is 2.00 bits per heavy atom. The van der Waals surface area contributed by atoms with Crippen LogP contribution in [0.15, 0.2) is 0 Å². The van der Waals surface area contributed by atoms with E-state index in [2.05, 4.69) is 25.7 Å². The Morgan fingerprint density at radius 1 is 1.45 bits per heavy atom. The second-order valence-corrected chi connectivity index (χ2v) is 3.85. The summed E-state index contributed by atoms with van der Waals surface area (Å²) in [4.78, 5) is 2.36. The van der Waals surface area contributed by atoms with E-state index < -0.39 is 0 Å². The molecule has 1 aliphatic heterocycles. The number of likely N-dealkylation sites (tertiary alicyclic amines) is 1. The van der Waals surface area contributed by atoms with Crippen LogP contribution in [0, 0.1) is 11.8 Å². The molecule has 1 fully saturated rings. The lowest BCUT2D eigenvalue weighted by atomic mass is 9.87. The number of aliphatic hydroxyl groups is 1. The van der Waals surface area contributed by atoms with Crippen LogP contribution in [0.4, 0.5) is 0 Å². The maximum atomic E-state index is 9.63. The second kappa shape index (κ2) is 3.55. The fourth-order valence-corrected chi connectivity index (χ4v) is 1.63. The molecule has 0 bridgehead atoms. The van der Waals surface area contributed by atoms with Gasteiger partial charge in [0.25, 0.3) is 0 Å². The van der Waals surface area contributed by atoms with Crippen LogP contribution < -0.4 is 0 Å². The molecule has 0 aromatic carbocycles. The third kappa shape index (κ3) is 1.94. The van der Waals surface area contributed by atoms with Crippen molar-refractivity contribution in [3.63, 3.8) is 0 Å². The lowest BCUT2D eigenvalue weighted by Crippen LogP contribution is -2.52. The van der Waals surface area contributed by atoms with Crippen molar-refractivity contribution < 1.29 is 5.11 Å². The van der Waals surface area contributed by atoms with Crippen LogP contribution in [0.5, 0.6) is 0 Å². The Balaban J connectivity index is 2.21. The lowest BCUT2D eigenvalue weighted by molar-refractivity contribution is -0.0239. The Bertz CT molecular complexity index is 119. The van der Waals surface area contributed by atoms with Gasteiger partial charge in [0.05, 0.1) is 6.10 Å². The van der Waals surface area contributed by atoms with Crippen LogP contribution in [0.3, 0.4) is 0 Å². The molecule has 66 valence electrons. The molecule has 0 aromatic rings. The average Bonchev–Trinajstić information content (AvgIpc) is 1.85. The highest BCUT2D eigenvalue weighted by Crippen LogP contribution is 2.22. The van der Waals surface area contributed by atoms with E-state index in [0.29, 0.717) is 11.8 Å². The molecule has 0 radical (unpaired) electrons. The molecule has 1 aliphatic rings. The molecule has 1 heterocycles. The third-order valence-electron chi connectivity index (χ3n) is 2.60. The number of aliphatic hydroxyl groups excluding tert-OH is 1. The SMILES string of the molecule is CCN1CC(C(O)C(C)C)C1. The number of hydrogen-bond acceptors (Lipinski definition) is 2. The summed E-state index contributed by atoms with van der Waals surface area (Å²) < 4.78 is 0. The normalized spacial score (nSPS) is 23.7. The summed E-state index contributed by atoms with van der Waals surface area (Å²) in [5.74, 6) is 0.953. The second-order valence-electron chi connectivity index (χ2n) is 3.85. The molecule has 1 unspecified atom stereocenters. The molecule has 0 spiro atoms. The van der Waals surface area contributed by atoms with E-state index >= 15 is 0 Å². The first-order valence-electron chi connectivity index (χ1n) is 4.55. The fraction of sp³-hybridized carbons (Fsp3) is 1.00. The van der Waals surface area contributed by atoms with E-state index in [1.54, 1.807) is 0 Å². The van der Waals surface area contributed by atoms with Crippen molar-refractivity contribution in [2.75, 3.05) is 19.6 Å². The van der Waals surface area contributed by atoms with Gasteiger partial charge in [0.2, 0.25) is 0 Å². The molecule has 0 aliphatic carbocycles. The predicted octanol–water partition coefficient (Wildman–Crippen LogP) is 0.955. The van der Waals surface area contributed by atoms with Gasteiger partial charge in [-0.15, -0.1) is 0 Å². The van der Waals surface area contributed by atoms with Gasteiger partial charge in [-0.3, -0.25) is 0 Å². The summed E-state index contributed by atoms with van der Waals surface area (Å²) >= 11 is 0. The van der Waals surface area contributed by atoms with E-state index in [9.17, 15) is 5.11 Å². The van der Waals surface area contributed by atoms with Crippen LogP contribution in [0.25, 0.3) is 0 Å². The van der Waals surface area contributed by atoms with Gasteiger partial charge >= 0.3 is 0 Å². The van der Waals surface area contributed by atoms with Crippen molar-refractivity contribution in [3.8, 4) is 0 Å². The summed E-state index contributed by atoms with van der Waals surface area (Å²) in [5, 5.41) is 9.63. The molecule has 2 nitrogen and oxygen atoms in total. The van der Waals surface area contributed by atoms with Crippen molar-refractivity contribution >= 4 is 0 Å². The van der Waals surface area contributed by atoms with Crippen LogP contribution in [-0.4, -0.2) is 35.7 Å². The minimum absolute atomic E-state index is 0.0854. The number of hydrogen-bond donors (Lipinski definition) is 1. The first-order valence-corrected chi connectivity index (χ1v) is 4.55. The Morgan fingerprint density at radius 3 is 2.36 bits per heavy atom. The molecular formula is C9H19NO. The first kappa shape index (κ1) is 9.01. The Labute approximate surface area is 69.2 Å². The van der Waals surface area contributed by atoms with Crippen LogP contribution in [-0.2, 0) is 0 Å². The summed E-state index contributed by atoms with van der Waals surface area (Å²) in [6, 6.07) is 0. The molecule has 1 saturated heterocycles. The van der Waals surface area contributed by atoms with E-state index in [4.69, 9.17) is 0 Å². The summed E-state index contributed by atoms with van der Waals surface area (Å²) in [5.41, 5.74) is 0. The van der Waals surface area contributed by atoms with Crippen LogP contribution in [0.2, 0.25) is 0 Å². The summed E-state index contributed by atoms with van der Waals surface area (Å²) in [7, 11) is 0. The van der Waals surface area contributed by atoms with Gasteiger partial charge in [0.15, 0.2) is 0 Å². The van der Waals surface area contributed by atoms with E-state index in [1.807, 2.05) is 0 Å². The molecular weight excluding hydrogens is 138 g/mol. The summed E-state index contributed by atoms with van der Waals surface area (Å²) in [6.07, 6.45) is -0.0854. The lowest BCUT2D eigenvalue weighted by Gasteiger charge is -2.42. The van der Waals surface area contributed by atoms with Gasteiger partial charge in [-0.2, -0.15) is 0 Å². The molecule has 1 atom stereocenters. The third-order valence-corrected chi connectivity index (χ3v) is 2.60. The van der Waals surface area contributed by atoms with Crippen molar-refractivity contribution in [1.82, 2.24) is 4.90 Å². The minimum atomic E-state index is -0.0854.